The fourth-order valence-electron chi connectivity index (χ4n) is 3.46. The van der Waals surface area contributed by atoms with Crippen molar-refractivity contribution in [1.29, 1.82) is 0 Å². The largest absolute Gasteiger partial charge is 0.328 e. The molecule has 4 nitrogen and oxygen atoms in total. The summed E-state index contributed by atoms with van der Waals surface area (Å²) < 4.78 is 2.34. The van der Waals surface area contributed by atoms with E-state index < -0.39 is 0 Å². The highest BCUT2D eigenvalue weighted by molar-refractivity contribution is 7.99. The Labute approximate surface area is 158 Å². The first-order valence-corrected chi connectivity index (χ1v) is 10.4. The van der Waals surface area contributed by atoms with Gasteiger partial charge in [0, 0.05) is 24.4 Å². The molecule has 5 heteroatoms. The zero-order valence-electron chi connectivity index (χ0n) is 14.8. The van der Waals surface area contributed by atoms with E-state index in [1.807, 2.05) is 30.3 Å². The first kappa shape index (κ1) is 17.2. The van der Waals surface area contributed by atoms with Crippen molar-refractivity contribution in [3.63, 3.8) is 0 Å². The number of fused-ring (bicyclic) bond motifs is 3. The minimum absolute atomic E-state index is 0.0334. The van der Waals surface area contributed by atoms with Gasteiger partial charge in [0.25, 0.3) is 0 Å². The number of hydrogen-bond acceptors (Lipinski definition) is 3. The van der Waals surface area contributed by atoms with Gasteiger partial charge in [-0.25, -0.2) is 4.98 Å². The zero-order chi connectivity index (χ0) is 17.8. The van der Waals surface area contributed by atoms with Crippen LogP contribution >= 0.6 is 11.8 Å². The molecule has 0 aliphatic carbocycles. The SMILES string of the molecule is O=C(CSCc1ccccc1)Nc1ccc2c(c1)nc1n2CCCCC1. The lowest BCUT2D eigenvalue weighted by Gasteiger charge is -2.07. The Morgan fingerprint density at radius 2 is 2.00 bits per heavy atom. The van der Waals surface area contributed by atoms with Crippen molar-refractivity contribution >= 4 is 34.4 Å². The van der Waals surface area contributed by atoms with E-state index in [2.05, 4.69) is 28.1 Å². The maximum absolute atomic E-state index is 12.2. The summed E-state index contributed by atoms with van der Waals surface area (Å²) in [4.78, 5) is 17.0. The number of aryl methyl sites for hydroxylation is 2. The van der Waals surface area contributed by atoms with Crippen LogP contribution in [0, 0.1) is 0 Å². The third-order valence-electron chi connectivity index (χ3n) is 4.74. The monoisotopic (exact) mass is 365 g/mol. The number of hydrogen-bond donors (Lipinski definition) is 1. The zero-order valence-corrected chi connectivity index (χ0v) is 15.6. The van der Waals surface area contributed by atoms with Gasteiger partial charge in [0.05, 0.1) is 16.8 Å². The van der Waals surface area contributed by atoms with E-state index in [9.17, 15) is 4.79 Å². The molecule has 3 aromatic rings. The molecule has 0 saturated carbocycles. The van der Waals surface area contributed by atoms with Gasteiger partial charge in [-0.05, 0) is 36.6 Å². The van der Waals surface area contributed by atoms with Gasteiger partial charge >= 0.3 is 0 Å². The van der Waals surface area contributed by atoms with Crippen LogP contribution in [-0.4, -0.2) is 21.2 Å². The van der Waals surface area contributed by atoms with Crippen LogP contribution in [0.2, 0.25) is 0 Å². The number of rotatable bonds is 5. The number of carbonyl (C=O) groups is 1. The summed E-state index contributed by atoms with van der Waals surface area (Å²) in [5.74, 6) is 2.51. The molecule has 1 aromatic heterocycles. The molecule has 1 aliphatic rings. The molecule has 0 unspecified atom stereocenters. The van der Waals surface area contributed by atoms with Crippen LogP contribution in [0.15, 0.2) is 48.5 Å². The second-order valence-electron chi connectivity index (χ2n) is 6.72. The first-order valence-electron chi connectivity index (χ1n) is 9.20. The Kier molecular flexibility index (Phi) is 5.25. The standard InChI is InChI=1S/C21H23N3OS/c25-21(15-26-14-16-7-3-1-4-8-16)22-17-10-11-19-18(13-17)23-20-9-5-2-6-12-24(19)20/h1,3-4,7-8,10-11,13H,2,5-6,9,12,14-15H2,(H,22,25). The summed E-state index contributed by atoms with van der Waals surface area (Å²) in [6, 6.07) is 16.3. The fourth-order valence-corrected chi connectivity index (χ4v) is 4.25. The van der Waals surface area contributed by atoms with Crippen LogP contribution < -0.4 is 5.32 Å². The fraction of sp³-hybridized carbons (Fsp3) is 0.333. The van der Waals surface area contributed by atoms with Gasteiger partial charge in [-0.3, -0.25) is 4.79 Å². The predicted molar refractivity (Wildman–Crippen MR) is 109 cm³/mol. The molecule has 0 radical (unpaired) electrons. The average molecular weight is 366 g/mol. The summed E-state index contributed by atoms with van der Waals surface area (Å²) in [6.07, 6.45) is 4.76. The molecule has 26 heavy (non-hydrogen) atoms. The van der Waals surface area contributed by atoms with Crippen LogP contribution in [0.3, 0.4) is 0 Å². The van der Waals surface area contributed by atoms with Gasteiger partial charge in [-0.2, -0.15) is 0 Å². The number of nitrogens with one attached hydrogen (secondary N) is 1. The minimum Gasteiger partial charge on any atom is -0.328 e. The van der Waals surface area contributed by atoms with Crippen molar-refractivity contribution in [2.24, 2.45) is 0 Å². The van der Waals surface area contributed by atoms with Crippen LogP contribution in [0.4, 0.5) is 5.69 Å². The summed E-state index contributed by atoms with van der Waals surface area (Å²) in [7, 11) is 0. The molecule has 0 spiro atoms. The normalized spacial score (nSPS) is 14.0. The Morgan fingerprint density at radius 3 is 2.88 bits per heavy atom. The van der Waals surface area contributed by atoms with Crippen molar-refractivity contribution in [1.82, 2.24) is 9.55 Å². The van der Waals surface area contributed by atoms with Gasteiger partial charge < -0.3 is 9.88 Å². The van der Waals surface area contributed by atoms with Crippen LogP contribution in [0.1, 0.15) is 30.7 Å². The lowest BCUT2D eigenvalue weighted by Crippen LogP contribution is -2.14. The molecule has 2 aromatic carbocycles. The molecule has 1 amide bonds. The highest BCUT2D eigenvalue weighted by Crippen LogP contribution is 2.24. The topological polar surface area (TPSA) is 46.9 Å². The second-order valence-corrected chi connectivity index (χ2v) is 7.71. The number of thioether (sulfide) groups is 1. The lowest BCUT2D eigenvalue weighted by atomic mass is 10.2. The van der Waals surface area contributed by atoms with Crippen molar-refractivity contribution < 1.29 is 4.79 Å². The summed E-state index contributed by atoms with van der Waals surface area (Å²) in [6.45, 7) is 1.05. The molecule has 1 aliphatic heterocycles. The van der Waals surface area contributed by atoms with Gasteiger partial charge in [-0.1, -0.05) is 36.8 Å². The Hall–Kier alpha value is -2.27. The van der Waals surface area contributed by atoms with Crippen molar-refractivity contribution in [2.75, 3.05) is 11.1 Å². The molecule has 4 rings (SSSR count). The minimum atomic E-state index is 0.0334. The first-order chi connectivity index (χ1) is 12.8. The molecule has 0 atom stereocenters. The van der Waals surface area contributed by atoms with Crippen LogP contribution in [0.5, 0.6) is 0 Å². The highest BCUT2D eigenvalue weighted by atomic mass is 32.2. The van der Waals surface area contributed by atoms with E-state index in [0.717, 1.165) is 29.9 Å². The molecule has 1 N–H and O–H groups in total. The summed E-state index contributed by atoms with van der Waals surface area (Å²) in [5, 5.41) is 3.00. The van der Waals surface area contributed by atoms with E-state index in [1.165, 1.54) is 36.2 Å². The lowest BCUT2D eigenvalue weighted by molar-refractivity contribution is -0.113. The number of nitrogens with zero attached hydrogens (tertiary/aromatic N) is 2. The van der Waals surface area contributed by atoms with Crippen molar-refractivity contribution in [3.05, 3.63) is 59.9 Å². The van der Waals surface area contributed by atoms with Gasteiger partial charge in [-0.15, -0.1) is 11.8 Å². The smallest absolute Gasteiger partial charge is 0.234 e. The van der Waals surface area contributed by atoms with Gasteiger partial charge in [0.1, 0.15) is 5.82 Å². The third-order valence-corrected chi connectivity index (χ3v) is 5.74. The number of imidazole rings is 1. The molecule has 134 valence electrons. The number of amides is 1. The number of benzene rings is 2. The summed E-state index contributed by atoms with van der Waals surface area (Å²) >= 11 is 1.63. The quantitative estimate of drug-likeness (QED) is 0.717. The Bertz CT molecular complexity index is 904. The highest BCUT2D eigenvalue weighted by Gasteiger charge is 2.14. The Morgan fingerprint density at radius 1 is 1.12 bits per heavy atom. The molecule has 2 heterocycles. The molecule has 0 bridgehead atoms. The van der Waals surface area contributed by atoms with E-state index >= 15 is 0 Å². The number of carbonyl (C=O) groups excluding carboxylic acids is 1. The summed E-state index contributed by atoms with van der Waals surface area (Å²) in [5.41, 5.74) is 4.23. The van der Waals surface area contributed by atoms with E-state index in [-0.39, 0.29) is 5.91 Å². The molecular formula is C21H23N3OS. The van der Waals surface area contributed by atoms with Crippen molar-refractivity contribution in [2.45, 2.75) is 38.0 Å². The predicted octanol–water partition coefficient (Wildman–Crippen LogP) is 4.63. The van der Waals surface area contributed by atoms with Crippen LogP contribution in [0.25, 0.3) is 11.0 Å². The molecule has 0 fully saturated rings. The second kappa shape index (κ2) is 7.96. The number of anilines is 1. The van der Waals surface area contributed by atoms with Gasteiger partial charge in [0.15, 0.2) is 0 Å². The molecule has 0 saturated heterocycles. The van der Waals surface area contributed by atoms with E-state index in [0.29, 0.717) is 5.75 Å². The maximum atomic E-state index is 12.2. The average Bonchev–Trinajstić information content (AvgIpc) is 2.83. The van der Waals surface area contributed by atoms with E-state index in [4.69, 9.17) is 4.98 Å². The van der Waals surface area contributed by atoms with Gasteiger partial charge in [0.2, 0.25) is 5.91 Å². The van der Waals surface area contributed by atoms with Crippen molar-refractivity contribution in [3.8, 4) is 0 Å². The Balaban J connectivity index is 1.38. The van der Waals surface area contributed by atoms with Crippen LogP contribution in [-0.2, 0) is 23.5 Å². The maximum Gasteiger partial charge on any atom is 0.234 e. The number of aromatic nitrogens is 2. The van der Waals surface area contributed by atoms with E-state index in [1.54, 1.807) is 11.8 Å². The molecular weight excluding hydrogens is 342 g/mol. The third kappa shape index (κ3) is 3.93.